The van der Waals surface area contributed by atoms with E-state index in [9.17, 15) is 4.79 Å². The third-order valence-electron chi connectivity index (χ3n) is 1.37. The summed E-state index contributed by atoms with van der Waals surface area (Å²) in [5.41, 5.74) is 0. The minimum Gasteiger partial charge on any atom is -0.465 e. The second-order valence-electron chi connectivity index (χ2n) is 2.58. The van der Waals surface area contributed by atoms with Crippen LogP contribution in [-0.4, -0.2) is 24.9 Å². The van der Waals surface area contributed by atoms with Crippen molar-refractivity contribution in [1.82, 2.24) is 4.90 Å². The largest absolute Gasteiger partial charge is 0.465 e. The zero-order valence-corrected chi connectivity index (χ0v) is 7.15. The zero-order chi connectivity index (χ0) is 8.97. The Balaban J connectivity index is 2.57. The Labute approximate surface area is 71.3 Å². The van der Waals surface area contributed by atoms with Crippen molar-refractivity contribution in [3.63, 3.8) is 0 Å². The molecule has 0 aliphatic rings. The van der Waals surface area contributed by atoms with Gasteiger partial charge in [0.2, 0.25) is 5.91 Å². The molecule has 0 radical (unpaired) electrons. The van der Waals surface area contributed by atoms with Crippen molar-refractivity contribution in [2.75, 3.05) is 14.1 Å². The van der Waals surface area contributed by atoms with Crippen LogP contribution in [0.3, 0.4) is 0 Å². The summed E-state index contributed by atoms with van der Waals surface area (Å²) in [6.07, 6.45) is 4.68. The van der Waals surface area contributed by atoms with Gasteiger partial charge in [0.05, 0.1) is 6.26 Å². The maximum atomic E-state index is 11.0. The zero-order valence-electron chi connectivity index (χ0n) is 7.15. The van der Waals surface area contributed by atoms with Crippen molar-refractivity contribution in [3.8, 4) is 0 Å². The third kappa shape index (κ3) is 2.27. The molecule has 0 bridgehead atoms. The Hall–Kier alpha value is -1.51. The van der Waals surface area contributed by atoms with E-state index >= 15 is 0 Å². The minimum atomic E-state index is -0.0496. The van der Waals surface area contributed by atoms with Gasteiger partial charge in [0.1, 0.15) is 5.76 Å². The molecule has 1 amide bonds. The molecule has 0 aromatic carbocycles. The molecular formula is C9H11NO2. The first kappa shape index (κ1) is 8.59. The van der Waals surface area contributed by atoms with Crippen LogP contribution in [-0.2, 0) is 4.79 Å². The molecule has 1 aromatic heterocycles. The molecule has 0 aliphatic carbocycles. The molecule has 1 rings (SSSR count). The summed E-state index contributed by atoms with van der Waals surface area (Å²) in [4.78, 5) is 12.5. The van der Waals surface area contributed by atoms with E-state index in [0.717, 1.165) is 0 Å². The predicted octanol–water partition coefficient (Wildman–Crippen LogP) is 1.38. The number of amides is 1. The Morgan fingerprint density at radius 2 is 2.33 bits per heavy atom. The highest BCUT2D eigenvalue weighted by atomic mass is 16.3. The van der Waals surface area contributed by atoms with Gasteiger partial charge in [-0.1, -0.05) is 0 Å². The lowest BCUT2D eigenvalue weighted by Crippen LogP contribution is -2.18. The molecule has 1 heterocycles. The topological polar surface area (TPSA) is 33.5 Å². The summed E-state index contributed by atoms with van der Waals surface area (Å²) in [6.45, 7) is 0. The summed E-state index contributed by atoms with van der Waals surface area (Å²) in [5, 5.41) is 0. The van der Waals surface area contributed by atoms with Gasteiger partial charge in [-0.25, -0.2) is 0 Å². The number of carbonyl (C=O) groups excluding carboxylic acids is 1. The highest BCUT2D eigenvalue weighted by Crippen LogP contribution is 2.02. The first-order valence-electron chi connectivity index (χ1n) is 3.63. The maximum Gasteiger partial charge on any atom is 0.246 e. The van der Waals surface area contributed by atoms with Crippen LogP contribution in [0.15, 0.2) is 28.9 Å². The van der Waals surface area contributed by atoms with E-state index in [2.05, 4.69) is 0 Å². The molecule has 0 N–H and O–H groups in total. The fraction of sp³-hybridized carbons (Fsp3) is 0.222. The maximum absolute atomic E-state index is 11.0. The molecule has 0 fully saturated rings. The Morgan fingerprint density at radius 1 is 1.58 bits per heavy atom. The van der Waals surface area contributed by atoms with E-state index < -0.39 is 0 Å². The van der Waals surface area contributed by atoms with Crippen LogP contribution in [0.1, 0.15) is 5.76 Å². The molecule has 1 aromatic rings. The molecule has 64 valence electrons. The lowest BCUT2D eigenvalue weighted by atomic mass is 10.4. The van der Waals surface area contributed by atoms with Gasteiger partial charge in [-0.3, -0.25) is 4.79 Å². The predicted molar refractivity (Wildman–Crippen MR) is 46.4 cm³/mol. The number of nitrogens with zero attached hydrogens (tertiary/aromatic N) is 1. The van der Waals surface area contributed by atoms with Gasteiger partial charge in [-0.15, -0.1) is 0 Å². The number of likely N-dealkylation sites (N-methyl/N-ethyl adjacent to an activating group) is 1. The molecule has 0 aliphatic heterocycles. The van der Waals surface area contributed by atoms with Crippen molar-refractivity contribution in [2.24, 2.45) is 0 Å². The van der Waals surface area contributed by atoms with E-state index in [1.807, 2.05) is 0 Å². The first-order valence-corrected chi connectivity index (χ1v) is 3.63. The molecular weight excluding hydrogens is 154 g/mol. The molecule has 3 heteroatoms. The lowest BCUT2D eigenvalue weighted by Gasteiger charge is -2.04. The molecule has 3 nitrogen and oxygen atoms in total. The Kier molecular flexibility index (Phi) is 2.69. The van der Waals surface area contributed by atoms with Crippen LogP contribution in [0.4, 0.5) is 0 Å². The smallest absolute Gasteiger partial charge is 0.246 e. The lowest BCUT2D eigenvalue weighted by molar-refractivity contribution is -0.123. The van der Waals surface area contributed by atoms with Crippen LogP contribution in [0.2, 0.25) is 0 Å². The van der Waals surface area contributed by atoms with Gasteiger partial charge < -0.3 is 9.32 Å². The van der Waals surface area contributed by atoms with Gasteiger partial charge >= 0.3 is 0 Å². The minimum absolute atomic E-state index is 0.0496. The molecule has 0 unspecified atom stereocenters. The van der Waals surface area contributed by atoms with Crippen molar-refractivity contribution in [2.45, 2.75) is 0 Å². The number of carbonyl (C=O) groups is 1. The number of hydrogen-bond acceptors (Lipinski definition) is 2. The van der Waals surface area contributed by atoms with E-state index in [1.54, 1.807) is 38.6 Å². The summed E-state index contributed by atoms with van der Waals surface area (Å²) in [6, 6.07) is 3.57. The summed E-state index contributed by atoms with van der Waals surface area (Å²) in [5.74, 6) is 0.636. The molecule has 0 saturated heterocycles. The van der Waals surface area contributed by atoms with E-state index in [0.29, 0.717) is 5.76 Å². The monoisotopic (exact) mass is 165 g/mol. The van der Waals surface area contributed by atoms with Gasteiger partial charge in [0, 0.05) is 20.2 Å². The van der Waals surface area contributed by atoms with Crippen molar-refractivity contribution >= 4 is 12.0 Å². The highest BCUT2D eigenvalue weighted by molar-refractivity contribution is 5.90. The van der Waals surface area contributed by atoms with Gasteiger partial charge in [-0.05, 0) is 18.2 Å². The summed E-state index contributed by atoms with van der Waals surface area (Å²) >= 11 is 0. The van der Waals surface area contributed by atoms with Crippen LogP contribution in [0, 0.1) is 0 Å². The molecule has 0 spiro atoms. The Bertz CT molecular complexity index is 273. The van der Waals surface area contributed by atoms with Crippen LogP contribution < -0.4 is 0 Å². The van der Waals surface area contributed by atoms with Crippen molar-refractivity contribution < 1.29 is 9.21 Å². The highest BCUT2D eigenvalue weighted by Gasteiger charge is 1.96. The van der Waals surface area contributed by atoms with Crippen molar-refractivity contribution in [3.05, 3.63) is 30.2 Å². The second kappa shape index (κ2) is 3.76. The normalized spacial score (nSPS) is 10.5. The molecule has 0 atom stereocenters. The van der Waals surface area contributed by atoms with E-state index in [4.69, 9.17) is 4.42 Å². The van der Waals surface area contributed by atoms with E-state index in [1.165, 1.54) is 11.0 Å². The average Bonchev–Trinajstić information content (AvgIpc) is 2.51. The number of furan rings is 1. The van der Waals surface area contributed by atoms with Gasteiger partial charge in [0.25, 0.3) is 0 Å². The molecule has 0 saturated carbocycles. The van der Waals surface area contributed by atoms with Crippen LogP contribution in [0.25, 0.3) is 6.08 Å². The van der Waals surface area contributed by atoms with Gasteiger partial charge in [0.15, 0.2) is 0 Å². The first-order chi connectivity index (χ1) is 5.70. The van der Waals surface area contributed by atoms with Crippen molar-refractivity contribution in [1.29, 1.82) is 0 Å². The second-order valence-corrected chi connectivity index (χ2v) is 2.58. The SMILES string of the molecule is CN(C)C(=O)/C=C\c1ccco1. The quantitative estimate of drug-likeness (QED) is 0.620. The number of hydrogen-bond donors (Lipinski definition) is 0. The summed E-state index contributed by atoms with van der Waals surface area (Å²) < 4.78 is 5.01. The van der Waals surface area contributed by atoms with Crippen LogP contribution in [0.5, 0.6) is 0 Å². The molecule has 12 heavy (non-hydrogen) atoms. The van der Waals surface area contributed by atoms with Crippen LogP contribution >= 0.6 is 0 Å². The number of rotatable bonds is 2. The Morgan fingerprint density at radius 3 is 2.83 bits per heavy atom. The summed E-state index contributed by atoms with van der Waals surface area (Å²) in [7, 11) is 3.41. The standard InChI is InChI=1S/C9H11NO2/c1-10(2)9(11)6-5-8-4-3-7-12-8/h3-7H,1-2H3/b6-5-. The third-order valence-corrected chi connectivity index (χ3v) is 1.37. The van der Waals surface area contributed by atoms with E-state index in [-0.39, 0.29) is 5.91 Å². The average molecular weight is 165 g/mol. The van der Waals surface area contributed by atoms with Gasteiger partial charge in [-0.2, -0.15) is 0 Å². The fourth-order valence-electron chi connectivity index (χ4n) is 0.689. The fourth-order valence-corrected chi connectivity index (χ4v) is 0.689.